The Labute approximate surface area is 144 Å². The van der Waals surface area contributed by atoms with Crippen LogP contribution >= 0.6 is 0 Å². The molecule has 3 rings (SSSR count). The van der Waals surface area contributed by atoms with Gasteiger partial charge in [0.2, 0.25) is 0 Å². The Kier molecular flexibility index (Phi) is 5.06. The summed E-state index contributed by atoms with van der Waals surface area (Å²) in [7, 11) is 0. The summed E-state index contributed by atoms with van der Waals surface area (Å²) in [6.07, 6.45) is 0. The van der Waals surface area contributed by atoms with Crippen molar-refractivity contribution >= 4 is 17.2 Å². The monoisotopic (exact) mass is 342 g/mol. The number of aliphatic hydroxyl groups excluding tert-OH is 1. The average molecular weight is 342 g/mol. The Morgan fingerprint density at radius 1 is 1.24 bits per heavy atom. The lowest BCUT2D eigenvalue weighted by atomic mass is 10.0. The Balaban J connectivity index is 1.99. The molecule has 1 atom stereocenters. The molecule has 0 radical (unpaired) electrons. The first-order chi connectivity index (χ1) is 12.1. The standard InChI is InChI=1S/C18H18N2O5/c21-11-15-12-25-9-8-19(15)16-7-6-14(10-17(16)20(23)24)18(22)13-4-2-1-3-5-13/h1-7,10,15,21H,8-9,11-12H2/t15-/m1/s1. The molecule has 0 amide bonds. The summed E-state index contributed by atoms with van der Waals surface area (Å²) in [5, 5.41) is 21.0. The maximum atomic E-state index is 12.5. The first kappa shape index (κ1) is 17.1. The lowest BCUT2D eigenvalue weighted by molar-refractivity contribution is -0.384. The van der Waals surface area contributed by atoms with Gasteiger partial charge in [0.05, 0.1) is 30.8 Å². The number of carbonyl (C=O) groups is 1. The molecule has 0 unspecified atom stereocenters. The van der Waals surface area contributed by atoms with Crippen molar-refractivity contribution in [3.8, 4) is 0 Å². The average Bonchev–Trinajstić information content (AvgIpc) is 2.67. The molecule has 1 fully saturated rings. The Bertz CT molecular complexity index is 778. The van der Waals surface area contributed by atoms with Gasteiger partial charge in [-0.2, -0.15) is 0 Å². The Morgan fingerprint density at radius 3 is 2.68 bits per heavy atom. The number of nitro benzene ring substituents is 1. The number of nitrogens with zero attached hydrogens (tertiary/aromatic N) is 2. The van der Waals surface area contributed by atoms with Crippen molar-refractivity contribution in [3.05, 3.63) is 69.8 Å². The number of hydrogen-bond acceptors (Lipinski definition) is 6. The number of hydrogen-bond donors (Lipinski definition) is 1. The number of anilines is 1. The van der Waals surface area contributed by atoms with Gasteiger partial charge in [0.25, 0.3) is 5.69 Å². The van der Waals surface area contributed by atoms with Crippen LogP contribution in [0.1, 0.15) is 15.9 Å². The number of ketones is 1. The summed E-state index contributed by atoms with van der Waals surface area (Å²) in [6.45, 7) is 1.01. The van der Waals surface area contributed by atoms with Gasteiger partial charge in [0.1, 0.15) is 5.69 Å². The second-order valence-corrected chi connectivity index (χ2v) is 5.76. The third-order valence-corrected chi connectivity index (χ3v) is 4.22. The number of ether oxygens (including phenoxy) is 1. The van der Waals surface area contributed by atoms with Gasteiger partial charge in [-0.3, -0.25) is 14.9 Å². The molecule has 2 aromatic rings. The predicted octanol–water partition coefficient (Wildman–Crippen LogP) is 2.02. The second kappa shape index (κ2) is 7.42. The number of nitro groups is 1. The Morgan fingerprint density at radius 2 is 2.00 bits per heavy atom. The molecular formula is C18H18N2O5. The van der Waals surface area contributed by atoms with Gasteiger partial charge >= 0.3 is 0 Å². The quantitative estimate of drug-likeness (QED) is 0.508. The van der Waals surface area contributed by atoms with E-state index < -0.39 is 4.92 Å². The van der Waals surface area contributed by atoms with E-state index in [0.717, 1.165) is 0 Å². The van der Waals surface area contributed by atoms with Gasteiger partial charge in [0.15, 0.2) is 5.78 Å². The summed E-state index contributed by atoms with van der Waals surface area (Å²) in [4.78, 5) is 25.3. The van der Waals surface area contributed by atoms with E-state index in [0.29, 0.717) is 31.0 Å². The molecule has 0 aromatic heterocycles. The lowest BCUT2D eigenvalue weighted by Gasteiger charge is -2.35. The van der Waals surface area contributed by atoms with Crippen molar-refractivity contribution in [2.75, 3.05) is 31.3 Å². The zero-order valence-corrected chi connectivity index (χ0v) is 13.5. The summed E-state index contributed by atoms with van der Waals surface area (Å²) < 4.78 is 5.32. The molecule has 0 saturated carbocycles. The van der Waals surface area contributed by atoms with E-state index in [1.807, 2.05) is 0 Å². The van der Waals surface area contributed by atoms with Gasteiger partial charge in [0, 0.05) is 23.7 Å². The van der Waals surface area contributed by atoms with Gasteiger partial charge in [-0.05, 0) is 12.1 Å². The van der Waals surface area contributed by atoms with Crippen LogP contribution in [0.5, 0.6) is 0 Å². The number of benzene rings is 2. The predicted molar refractivity (Wildman–Crippen MR) is 92.0 cm³/mol. The van der Waals surface area contributed by atoms with Crippen molar-refractivity contribution in [2.45, 2.75) is 6.04 Å². The summed E-state index contributed by atoms with van der Waals surface area (Å²) in [5.41, 5.74) is 0.971. The van der Waals surface area contributed by atoms with Gasteiger partial charge in [-0.1, -0.05) is 30.3 Å². The third-order valence-electron chi connectivity index (χ3n) is 4.22. The van der Waals surface area contributed by atoms with Crippen LogP contribution < -0.4 is 4.90 Å². The van der Waals surface area contributed by atoms with Crippen LogP contribution in [-0.4, -0.2) is 48.2 Å². The Hall–Kier alpha value is -2.77. The summed E-state index contributed by atoms with van der Waals surface area (Å²) >= 11 is 0. The molecular weight excluding hydrogens is 324 g/mol. The number of morpholine rings is 1. The molecule has 1 aliphatic heterocycles. The van der Waals surface area contributed by atoms with Gasteiger partial charge in [-0.15, -0.1) is 0 Å². The van der Waals surface area contributed by atoms with Crippen molar-refractivity contribution in [1.29, 1.82) is 0 Å². The highest BCUT2D eigenvalue weighted by Crippen LogP contribution is 2.32. The highest BCUT2D eigenvalue weighted by atomic mass is 16.6. The number of rotatable bonds is 5. The van der Waals surface area contributed by atoms with Crippen LogP contribution in [0, 0.1) is 10.1 Å². The van der Waals surface area contributed by atoms with E-state index in [1.54, 1.807) is 47.4 Å². The first-order valence-corrected chi connectivity index (χ1v) is 7.95. The van der Waals surface area contributed by atoms with Gasteiger partial charge < -0.3 is 14.7 Å². The summed E-state index contributed by atoms with van der Waals surface area (Å²) in [5.74, 6) is -0.268. The molecule has 0 bridgehead atoms. The fourth-order valence-electron chi connectivity index (χ4n) is 2.93. The zero-order chi connectivity index (χ0) is 17.8. The van der Waals surface area contributed by atoms with Crippen LogP contribution in [0.3, 0.4) is 0 Å². The van der Waals surface area contributed by atoms with E-state index in [1.165, 1.54) is 6.07 Å². The van der Waals surface area contributed by atoms with Crippen molar-refractivity contribution in [1.82, 2.24) is 0 Å². The molecule has 130 valence electrons. The fourth-order valence-corrected chi connectivity index (χ4v) is 2.93. The fraction of sp³-hybridized carbons (Fsp3) is 0.278. The number of aliphatic hydroxyl groups is 1. The minimum Gasteiger partial charge on any atom is -0.394 e. The molecule has 0 spiro atoms. The van der Waals surface area contributed by atoms with E-state index in [9.17, 15) is 20.0 Å². The van der Waals surface area contributed by atoms with Crippen LogP contribution in [0.4, 0.5) is 11.4 Å². The smallest absolute Gasteiger partial charge is 0.293 e. The molecule has 1 saturated heterocycles. The molecule has 2 aromatic carbocycles. The summed E-state index contributed by atoms with van der Waals surface area (Å²) in [6, 6.07) is 12.7. The maximum absolute atomic E-state index is 12.5. The second-order valence-electron chi connectivity index (χ2n) is 5.76. The van der Waals surface area contributed by atoms with Crippen LogP contribution in [0.15, 0.2) is 48.5 Å². The molecule has 1 aliphatic rings. The first-order valence-electron chi connectivity index (χ1n) is 7.95. The van der Waals surface area contributed by atoms with E-state index in [2.05, 4.69) is 0 Å². The van der Waals surface area contributed by atoms with Crippen molar-refractivity contribution < 1.29 is 19.6 Å². The molecule has 7 nitrogen and oxygen atoms in total. The van der Waals surface area contributed by atoms with Crippen LogP contribution in [0.25, 0.3) is 0 Å². The lowest BCUT2D eigenvalue weighted by Crippen LogP contribution is -2.47. The van der Waals surface area contributed by atoms with Crippen LogP contribution in [-0.2, 0) is 4.74 Å². The topological polar surface area (TPSA) is 92.9 Å². The minimum absolute atomic E-state index is 0.151. The SMILES string of the molecule is O=C(c1ccccc1)c1ccc(N2CCOC[C@H]2CO)c([N+](=O)[O-])c1. The molecule has 0 aliphatic carbocycles. The normalized spacial score (nSPS) is 17.3. The number of carbonyl (C=O) groups excluding carboxylic acids is 1. The maximum Gasteiger partial charge on any atom is 0.293 e. The van der Waals surface area contributed by atoms with Crippen molar-refractivity contribution in [2.24, 2.45) is 0 Å². The molecule has 1 N–H and O–H groups in total. The van der Waals surface area contributed by atoms with Gasteiger partial charge in [-0.25, -0.2) is 0 Å². The molecule has 7 heteroatoms. The van der Waals surface area contributed by atoms with Crippen LogP contribution in [0.2, 0.25) is 0 Å². The molecule has 25 heavy (non-hydrogen) atoms. The minimum atomic E-state index is -0.499. The van der Waals surface area contributed by atoms with E-state index >= 15 is 0 Å². The molecule has 1 heterocycles. The van der Waals surface area contributed by atoms with E-state index in [-0.39, 0.29) is 29.7 Å². The van der Waals surface area contributed by atoms with Crippen molar-refractivity contribution in [3.63, 3.8) is 0 Å². The van der Waals surface area contributed by atoms with E-state index in [4.69, 9.17) is 4.74 Å². The third kappa shape index (κ3) is 3.52. The highest BCUT2D eigenvalue weighted by Gasteiger charge is 2.29. The highest BCUT2D eigenvalue weighted by molar-refractivity contribution is 6.09. The zero-order valence-electron chi connectivity index (χ0n) is 13.5. The largest absolute Gasteiger partial charge is 0.394 e.